The summed E-state index contributed by atoms with van der Waals surface area (Å²) in [6.07, 6.45) is 3.20. The lowest BCUT2D eigenvalue weighted by molar-refractivity contribution is 0.102. The highest BCUT2D eigenvalue weighted by Gasteiger charge is 2.08. The first-order valence-electron chi connectivity index (χ1n) is 9.37. The summed E-state index contributed by atoms with van der Waals surface area (Å²) in [4.78, 5) is 21.1. The van der Waals surface area contributed by atoms with Crippen LogP contribution in [0.3, 0.4) is 0 Å². The lowest BCUT2D eigenvalue weighted by Gasteiger charge is -2.09. The predicted octanol–water partition coefficient (Wildman–Crippen LogP) is 5.15. The molecule has 1 heterocycles. The Labute approximate surface area is 178 Å². The second-order valence-corrected chi connectivity index (χ2v) is 6.66. The van der Waals surface area contributed by atoms with Crippen molar-refractivity contribution in [3.63, 3.8) is 0 Å². The van der Waals surface area contributed by atoms with Gasteiger partial charge in [0.1, 0.15) is 5.82 Å². The molecule has 0 aliphatic carbocycles. The number of nitrogens with zero attached hydrogens (tertiary/aromatic N) is 3. The van der Waals surface area contributed by atoms with E-state index < -0.39 is 0 Å². The van der Waals surface area contributed by atoms with Crippen LogP contribution in [-0.2, 0) is 0 Å². The maximum Gasteiger partial charge on any atom is 0.255 e. The molecule has 150 valence electrons. The minimum Gasteiger partial charge on any atom is -0.324 e. The van der Waals surface area contributed by atoms with Crippen molar-refractivity contribution in [2.75, 3.05) is 10.6 Å². The van der Waals surface area contributed by atoms with Gasteiger partial charge in [-0.3, -0.25) is 4.79 Å². The first kappa shape index (κ1) is 19.7. The summed E-state index contributed by atoms with van der Waals surface area (Å²) in [7, 11) is 0. The molecule has 0 bridgehead atoms. The van der Waals surface area contributed by atoms with Crippen LogP contribution >= 0.6 is 0 Å². The van der Waals surface area contributed by atoms with Crippen LogP contribution in [0.15, 0.2) is 85.2 Å². The Morgan fingerprint density at radius 1 is 0.871 bits per heavy atom. The molecule has 3 aromatic carbocycles. The number of carbonyl (C=O) groups excluding carboxylic acids is 1. The minimum atomic E-state index is -0.325. The van der Waals surface area contributed by atoms with E-state index in [1.807, 2.05) is 6.07 Å². The van der Waals surface area contributed by atoms with E-state index in [-0.39, 0.29) is 11.7 Å². The summed E-state index contributed by atoms with van der Waals surface area (Å²) >= 11 is 0. The zero-order valence-electron chi connectivity index (χ0n) is 16.2. The molecule has 1 aromatic heterocycles. The van der Waals surface area contributed by atoms with E-state index in [0.717, 1.165) is 0 Å². The number of carbonyl (C=O) groups is 1. The molecular formula is C24H16FN5O. The molecule has 7 heteroatoms. The summed E-state index contributed by atoms with van der Waals surface area (Å²) in [5, 5.41) is 14.8. The second-order valence-electron chi connectivity index (χ2n) is 6.66. The van der Waals surface area contributed by atoms with Gasteiger partial charge >= 0.3 is 0 Å². The molecule has 0 aliphatic rings. The molecule has 0 aliphatic heterocycles. The first-order valence-corrected chi connectivity index (χ1v) is 9.37. The lowest BCUT2D eigenvalue weighted by atomic mass is 10.1. The van der Waals surface area contributed by atoms with Crippen LogP contribution in [0.25, 0.3) is 11.1 Å². The Balaban J connectivity index is 1.47. The standard InChI is InChI=1S/C24H16FN5O/c25-20-7-2-5-17(11-20)19-14-27-24(28-15-19)30-22-9-3-6-18(12-22)23(31)29-21-8-1-4-16(10-21)13-26/h1-12,14-15H,(H,29,31)(H,27,28,30). The van der Waals surface area contributed by atoms with Crippen LogP contribution in [0.1, 0.15) is 15.9 Å². The molecule has 0 saturated heterocycles. The number of halogens is 1. The van der Waals surface area contributed by atoms with Crippen LogP contribution in [0.4, 0.5) is 21.7 Å². The summed E-state index contributed by atoms with van der Waals surface area (Å²) in [5.41, 5.74) is 3.45. The molecule has 4 rings (SSSR count). The van der Waals surface area contributed by atoms with Gasteiger partial charge in [-0.25, -0.2) is 14.4 Å². The van der Waals surface area contributed by atoms with Crippen molar-refractivity contribution in [2.45, 2.75) is 0 Å². The monoisotopic (exact) mass is 409 g/mol. The molecule has 0 atom stereocenters. The van der Waals surface area contributed by atoms with Crippen LogP contribution < -0.4 is 10.6 Å². The molecule has 0 unspecified atom stereocenters. The van der Waals surface area contributed by atoms with Crippen molar-refractivity contribution in [1.82, 2.24) is 9.97 Å². The summed E-state index contributed by atoms with van der Waals surface area (Å²) in [5.74, 6) is -0.283. The van der Waals surface area contributed by atoms with E-state index in [0.29, 0.717) is 39.6 Å². The van der Waals surface area contributed by atoms with Gasteiger partial charge in [0.15, 0.2) is 0 Å². The van der Waals surface area contributed by atoms with Crippen molar-refractivity contribution in [3.8, 4) is 17.2 Å². The van der Waals surface area contributed by atoms with Gasteiger partial charge in [-0.2, -0.15) is 5.26 Å². The third-order valence-electron chi connectivity index (χ3n) is 4.44. The van der Waals surface area contributed by atoms with Gasteiger partial charge < -0.3 is 10.6 Å². The van der Waals surface area contributed by atoms with Crippen LogP contribution in [0.5, 0.6) is 0 Å². The average molecular weight is 409 g/mol. The van der Waals surface area contributed by atoms with Gasteiger partial charge in [0.05, 0.1) is 11.6 Å². The fraction of sp³-hybridized carbons (Fsp3) is 0. The van der Waals surface area contributed by atoms with Crippen molar-refractivity contribution < 1.29 is 9.18 Å². The average Bonchev–Trinajstić information content (AvgIpc) is 2.80. The van der Waals surface area contributed by atoms with Crippen LogP contribution in [0, 0.1) is 17.1 Å². The quantitative estimate of drug-likeness (QED) is 0.476. The Morgan fingerprint density at radius 2 is 1.61 bits per heavy atom. The zero-order valence-corrected chi connectivity index (χ0v) is 16.2. The van der Waals surface area contributed by atoms with Gasteiger partial charge in [0.2, 0.25) is 5.95 Å². The lowest BCUT2D eigenvalue weighted by Crippen LogP contribution is -2.12. The number of nitrogens with one attached hydrogen (secondary N) is 2. The Bertz CT molecular complexity index is 1280. The number of amides is 1. The smallest absolute Gasteiger partial charge is 0.255 e. The highest BCUT2D eigenvalue weighted by atomic mass is 19.1. The molecular weight excluding hydrogens is 393 g/mol. The predicted molar refractivity (Wildman–Crippen MR) is 116 cm³/mol. The van der Waals surface area contributed by atoms with E-state index >= 15 is 0 Å². The number of hydrogen-bond donors (Lipinski definition) is 2. The van der Waals surface area contributed by atoms with E-state index in [9.17, 15) is 9.18 Å². The van der Waals surface area contributed by atoms with Crippen LogP contribution in [0.2, 0.25) is 0 Å². The number of nitriles is 1. The molecule has 0 radical (unpaired) electrons. The maximum atomic E-state index is 13.4. The highest BCUT2D eigenvalue weighted by Crippen LogP contribution is 2.21. The van der Waals surface area contributed by atoms with E-state index in [1.165, 1.54) is 12.1 Å². The SMILES string of the molecule is N#Cc1cccc(NC(=O)c2cccc(Nc3ncc(-c4cccc(F)c4)cn3)c2)c1. The Kier molecular flexibility index (Phi) is 5.63. The molecule has 1 amide bonds. The minimum absolute atomic E-state index is 0.305. The summed E-state index contributed by atoms with van der Waals surface area (Å²) < 4.78 is 13.4. The van der Waals surface area contributed by atoms with Gasteiger partial charge in [-0.1, -0.05) is 24.3 Å². The Morgan fingerprint density at radius 3 is 2.39 bits per heavy atom. The topological polar surface area (TPSA) is 90.7 Å². The second kappa shape index (κ2) is 8.84. The van der Waals surface area contributed by atoms with Crippen LogP contribution in [-0.4, -0.2) is 15.9 Å². The van der Waals surface area contributed by atoms with E-state index in [1.54, 1.807) is 73.1 Å². The summed E-state index contributed by atoms with van der Waals surface area (Å²) in [6.45, 7) is 0. The zero-order chi connectivity index (χ0) is 21.6. The van der Waals surface area contributed by atoms with Crippen molar-refractivity contribution >= 4 is 23.2 Å². The molecule has 0 spiro atoms. The highest BCUT2D eigenvalue weighted by molar-refractivity contribution is 6.04. The normalized spacial score (nSPS) is 10.2. The molecule has 2 N–H and O–H groups in total. The molecule has 0 saturated carbocycles. The number of anilines is 3. The van der Waals surface area contributed by atoms with Gasteiger partial charge in [-0.05, 0) is 54.1 Å². The fourth-order valence-corrected chi connectivity index (χ4v) is 2.95. The number of benzene rings is 3. The van der Waals surface area contributed by atoms with Crippen molar-refractivity contribution in [3.05, 3.63) is 102 Å². The van der Waals surface area contributed by atoms with Gasteiger partial charge in [-0.15, -0.1) is 0 Å². The number of rotatable bonds is 5. The Hall–Kier alpha value is -4.57. The van der Waals surface area contributed by atoms with Gasteiger partial charge in [0.25, 0.3) is 5.91 Å². The number of hydrogen-bond acceptors (Lipinski definition) is 5. The first-order chi connectivity index (χ1) is 15.1. The van der Waals surface area contributed by atoms with Crippen molar-refractivity contribution in [2.24, 2.45) is 0 Å². The molecule has 6 nitrogen and oxygen atoms in total. The van der Waals surface area contributed by atoms with Crippen molar-refractivity contribution in [1.29, 1.82) is 5.26 Å². The third kappa shape index (κ3) is 4.89. The van der Waals surface area contributed by atoms with E-state index in [4.69, 9.17) is 5.26 Å². The molecule has 4 aromatic rings. The molecule has 0 fully saturated rings. The maximum absolute atomic E-state index is 13.4. The molecule has 31 heavy (non-hydrogen) atoms. The van der Waals surface area contributed by atoms with Gasteiger partial charge in [0, 0.05) is 34.9 Å². The largest absolute Gasteiger partial charge is 0.324 e. The summed E-state index contributed by atoms with van der Waals surface area (Å²) in [6, 6.07) is 21.8. The third-order valence-corrected chi connectivity index (χ3v) is 4.44. The van der Waals surface area contributed by atoms with E-state index in [2.05, 4.69) is 20.6 Å². The number of aromatic nitrogens is 2. The fourth-order valence-electron chi connectivity index (χ4n) is 2.95.